The number of para-hydroxylation sites is 1. The summed E-state index contributed by atoms with van der Waals surface area (Å²) < 4.78 is 5.62. The molecule has 0 saturated carbocycles. The smallest absolute Gasteiger partial charge is 0.253 e. The molecule has 1 saturated heterocycles. The van der Waals surface area contributed by atoms with Crippen LogP contribution in [0.2, 0.25) is 0 Å². The topological polar surface area (TPSA) is 50.4 Å². The molecule has 20 heavy (non-hydrogen) atoms. The maximum Gasteiger partial charge on any atom is 0.253 e. The van der Waals surface area contributed by atoms with Gasteiger partial charge in [0.1, 0.15) is 0 Å². The highest BCUT2D eigenvalue weighted by Gasteiger charge is 2.24. The molecular weight excluding hydrogens is 252 g/mol. The number of amides is 1. The van der Waals surface area contributed by atoms with Crippen LogP contribution in [0.5, 0.6) is 0 Å². The van der Waals surface area contributed by atoms with E-state index >= 15 is 0 Å². The average molecular weight is 276 g/mol. The second kappa shape index (κ2) is 6.75. The summed E-state index contributed by atoms with van der Waals surface area (Å²) in [6.45, 7) is 6.93. The summed E-state index contributed by atoms with van der Waals surface area (Å²) in [7, 11) is 0. The van der Waals surface area contributed by atoms with Gasteiger partial charge in [0.05, 0.1) is 17.7 Å². The van der Waals surface area contributed by atoms with E-state index < -0.39 is 0 Å². The standard InChI is InChI=1S/C16H24N2O2/c1-11(2)17-14-8-5-4-7-13(14)16(19)18-12(3)15-9-6-10-20-15/h4-5,7-8,11-12,15,17H,6,9-10H2,1-3H3,(H,18,19). The molecular formula is C16H24N2O2. The van der Waals surface area contributed by atoms with Gasteiger partial charge in [-0.1, -0.05) is 12.1 Å². The first kappa shape index (κ1) is 14.9. The lowest BCUT2D eigenvalue weighted by atomic mass is 10.1. The van der Waals surface area contributed by atoms with E-state index in [1.54, 1.807) is 0 Å². The van der Waals surface area contributed by atoms with Gasteiger partial charge in [0, 0.05) is 18.3 Å². The lowest BCUT2D eigenvalue weighted by molar-refractivity contribution is 0.0713. The number of anilines is 1. The molecule has 4 heteroatoms. The van der Waals surface area contributed by atoms with Crippen molar-refractivity contribution in [1.82, 2.24) is 5.32 Å². The maximum absolute atomic E-state index is 12.4. The highest BCUT2D eigenvalue weighted by atomic mass is 16.5. The molecule has 1 fully saturated rings. The van der Waals surface area contributed by atoms with Crippen LogP contribution in [0.25, 0.3) is 0 Å². The quantitative estimate of drug-likeness (QED) is 0.869. The average Bonchev–Trinajstić information content (AvgIpc) is 2.92. The van der Waals surface area contributed by atoms with Crippen molar-refractivity contribution in [1.29, 1.82) is 0 Å². The third-order valence-electron chi connectivity index (χ3n) is 3.50. The molecule has 1 aromatic rings. The van der Waals surface area contributed by atoms with Gasteiger partial charge >= 0.3 is 0 Å². The minimum atomic E-state index is -0.0447. The molecule has 0 radical (unpaired) electrons. The molecule has 0 spiro atoms. The lowest BCUT2D eigenvalue weighted by Crippen LogP contribution is -2.41. The van der Waals surface area contributed by atoms with Crippen LogP contribution in [0.1, 0.15) is 44.0 Å². The van der Waals surface area contributed by atoms with Crippen LogP contribution >= 0.6 is 0 Å². The van der Waals surface area contributed by atoms with Crippen LogP contribution in [-0.2, 0) is 4.74 Å². The Hall–Kier alpha value is -1.55. The van der Waals surface area contributed by atoms with Gasteiger partial charge in [0.2, 0.25) is 0 Å². The van der Waals surface area contributed by atoms with E-state index in [1.165, 1.54) is 0 Å². The maximum atomic E-state index is 12.4. The Morgan fingerprint density at radius 1 is 1.30 bits per heavy atom. The number of ether oxygens (including phenoxy) is 1. The first-order valence-electron chi connectivity index (χ1n) is 7.36. The van der Waals surface area contributed by atoms with Crippen LogP contribution in [0, 0.1) is 0 Å². The second-order valence-electron chi connectivity index (χ2n) is 5.66. The zero-order valence-electron chi connectivity index (χ0n) is 12.5. The molecule has 4 nitrogen and oxygen atoms in total. The number of carbonyl (C=O) groups excluding carboxylic acids is 1. The molecule has 2 atom stereocenters. The molecule has 1 aliphatic rings. The summed E-state index contributed by atoms with van der Waals surface area (Å²) >= 11 is 0. The Bertz CT molecular complexity index is 454. The van der Waals surface area contributed by atoms with E-state index in [1.807, 2.05) is 31.2 Å². The fraction of sp³-hybridized carbons (Fsp3) is 0.562. The number of benzene rings is 1. The van der Waals surface area contributed by atoms with Crippen LogP contribution in [-0.4, -0.2) is 30.7 Å². The third-order valence-corrected chi connectivity index (χ3v) is 3.50. The summed E-state index contributed by atoms with van der Waals surface area (Å²) in [5.74, 6) is -0.0447. The third kappa shape index (κ3) is 3.73. The van der Waals surface area contributed by atoms with Crippen molar-refractivity contribution in [2.24, 2.45) is 0 Å². The van der Waals surface area contributed by atoms with E-state index in [0.717, 1.165) is 25.1 Å². The van der Waals surface area contributed by atoms with Crippen molar-refractivity contribution in [3.63, 3.8) is 0 Å². The molecule has 1 aliphatic heterocycles. The van der Waals surface area contributed by atoms with Gasteiger partial charge in [-0.25, -0.2) is 0 Å². The summed E-state index contributed by atoms with van der Waals surface area (Å²) in [6, 6.07) is 7.94. The van der Waals surface area contributed by atoms with Gasteiger partial charge in [0.25, 0.3) is 5.91 Å². The molecule has 0 aromatic heterocycles. The number of rotatable bonds is 5. The van der Waals surface area contributed by atoms with Crippen LogP contribution in [0.3, 0.4) is 0 Å². The first-order chi connectivity index (χ1) is 9.58. The summed E-state index contributed by atoms with van der Waals surface area (Å²) in [4.78, 5) is 12.4. The number of nitrogens with one attached hydrogen (secondary N) is 2. The van der Waals surface area contributed by atoms with E-state index in [2.05, 4.69) is 24.5 Å². The molecule has 1 aromatic carbocycles. The van der Waals surface area contributed by atoms with Gasteiger partial charge < -0.3 is 15.4 Å². The fourth-order valence-electron chi connectivity index (χ4n) is 2.49. The van der Waals surface area contributed by atoms with E-state index in [-0.39, 0.29) is 18.1 Å². The van der Waals surface area contributed by atoms with Crippen LogP contribution in [0.4, 0.5) is 5.69 Å². The van der Waals surface area contributed by atoms with E-state index in [0.29, 0.717) is 11.6 Å². The van der Waals surface area contributed by atoms with Crippen LogP contribution in [0.15, 0.2) is 24.3 Å². The molecule has 2 unspecified atom stereocenters. The monoisotopic (exact) mass is 276 g/mol. The second-order valence-corrected chi connectivity index (χ2v) is 5.66. The summed E-state index contributed by atoms with van der Waals surface area (Å²) in [5, 5.41) is 6.35. The molecule has 0 aliphatic carbocycles. The summed E-state index contributed by atoms with van der Waals surface area (Å²) in [6.07, 6.45) is 2.24. The van der Waals surface area contributed by atoms with Gasteiger partial charge in [0.15, 0.2) is 0 Å². The van der Waals surface area contributed by atoms with Crippen LogP contribution < -0.4 is 10.6 Å². The normalized spacial score (nSPS) is 19.9. The highest BCUT2D eigenvalue weighted by molar-refractivity contribution is 5.99. The minimum Gasteiger partial charge on any atom is -0.382 e. The Kier molecular flexibility index (Phi) is 5.01. The number of hydrogen-bond donors (Lipinski definition) is 2. The van der Waals surface area contributed by atoms with Gasteiger partial charge in [-0.15, -0.1) is 0 Å². The SMILES string of the molecule is CC(C)Nc1ccccc1C(=O)NC(C)C1CCCO1. The lowest BCUT2D eigenvalue weighted by Gasteiger charge is -2.21. The van der Waals surface area contributed by atoms with Crippen molar-refractivity contribution in [2.75, 3.05) is 11.9 Å². The molecule has 0 bridgehead atoms. The number of carbonyl (C=O) groups is 1. The van der Waals surface area contributed by atoms with Crippen molar-refractivity contribution in [3.05, 3.63) is 29.8 Å². The predicted octanol–water partition coefficient (Wildman–Crippen LogP) is 2.80. The zero-order valence-corrected chi connectivity index (χ0v) is 12.5. The first-order valence-corrected chi connectivity index (χ1v) is 7.36. The van der Waals surface area contributed by atoms with Crippen molar-refractivity contribution < 1.29 is 9.53 Å². The minimum absolute atomic E-state index is 0.0390. The number of hydrogen-bond acceptors (Lipinski definition) is 3. The van der Waals surface area contributed by atoms with Gasteiger partial charge in [-0.05, 0) is 45.7 Å². The Morgan fingerprint density at radius 3 is 2.70 bits per heavy atom. The van der Waals surface area contributed by atoms with E-state index in [9.17, 15) is 4.79 Å². The molecule has 2 rings (SSSR count). The fourth-order valence-corrected chi connectivity index (χ4v) is 2.49. The summed E-state index contributed by atoms with van der Waals surface area (Å²) in [5.41, 5.74) is 1.56. The Morgan fingerprint density at radius 2 is 2.05 bits per heavy atom. The molecule has 1 heterocycles. The van der Waals surface area contributed by atoms with Crippen molar-refractivity contribution in [3.8, 4) is 0 Å². The van der Waals surface area contributed by atoms with E-state index in [4.69, 9.17) is 4.74 Å². The Labute approximate surface area is 120 Å². The molecule has 2 N–H and O–H groups in total. The van der Waals surface area contributed by atoms with Gasteiger partial charge in [-0.2, -0.15) is 0 Å². The predicted molar refractivity (Wildman–Crippen MR) is 81.1 cm³/mol. The molecule has 110 valence electrons. The molecule has 1 amide bonds. The largest absolute Gasteiger partial charge is 0.382 e. The van der Waals surface area contributed by atoms with Crippen molar-refractivity contribution >= 4 is 11.6 Å². The Balaban J connectivity index is 2.04. The zero-order chi connectivity index (χ0) is 14.5. The van der Waals surface area contributed by atoms with Crippen molar-refractivity contribution in [2.45, 2.75) is 51.8 Å². The highest BCUT2D eigenvalue weighted by Crippen LogP contribution is 2.18. The van der Waals surface area contributed by atoms with Gasteiger partial charge in [-0.3, -0.25) is 4.79 Å².